The lowest BCUT2D eigenvalue weighted by Gasteiger charge is -2.33. The van der Waals surface area contributed by atoms with E-state index in [9.17, 15) is 0 Å². The van der Waals surface area contributed by atoms with Gasteiger partial charge in [0.25, 0.3) is 0 Å². The zero-order chi connectivity index (χ0) is 12.2. The predicted octanol–water partition coefficient (Wildman–Crippen LogP) is 1.65. The average molecular weight is 219 g/mol. The number of nitrogens with zero attached hydrogens (tertiary/aromatic N) is 4. The Hall–Kier alpha value is -1.83. The van der Waals surface area contributed by atoms with Crippen molar-refractivity contribution in [3.05, 3.63) is 12.4 Å². The maximum atomic E-state index is 8.47. The summed E-state index contributed by atoms with van der Waals surface area (Å²) < 4.78 is 0. The van der Waals surface area contributed by atoms with Gasteiger partial charge in [-0.3, -0.25) is 0 Å². The molecule has 1 rings (SSSR count). The van der Waals surface area contributed by atoms with Crippen LogP contribution in [-0.4, -0.2) is 29.1 Å². The molecule has 0 radical (unpaired) electrons. The summed E-state index contributed by atoms with van der Waals surface area (Å²) in [5.41, 5.74) is 0.000845. The molecule has 0 fully saturated rings. The Kier molecular flexibility index (Phi) is 3.67. The zero-order valence-electron chi connectivity index (χ0n) is 10.2. The Morgan fingerprint density at radius 1 is 1.44 bits per heavy atom. The van der Waals surface area contributed by atoms with Crippen molar-refractivity contribution in [3.8, 4) is 6.07 Å². The lowest BCUT2D eigenvalue weighted by molar-refractivity contribution is 0.533. The van der Waals surface area contributed by atoms with Gasteiger partial charge in [0.2, 0.25) is 0 Å². The first-order valence-electron chi connectivity index (χ1n) is 5.12. The van der Waals surface area contributed by atoms with Crippen LogP contribution in [0.3, 0.4) is 0 Å². The van der Waals surface area contributed by atoms with E-state index >= 15 is 0 Å². The number of nitriles is 1. The maximum absolute atomic E-state index is 8.47. The lowest BCUT2D eigenvalue weighted by Crippen LogP contribution is -2.38. The third kappa shape index (κ3) is 3.09. The second-order valence-electron chi connectivity index (χ2n) is 4.50. The van der Waals surface area contributed by atoms with E-state index in [1.807, 2.05) is 19.2 Å². The minimum atomic E-state index is 0.000845. The van der Waals surface area contributed by atoms with Crippen molar-refractivity contribution in [1.29, 1.82) is 5.26 Å². The fourth-order valence-corrected chi connectivity index (χ4v) is 1.10. The van der Waals surface area contributed by atoms with Crippen molar-refractivity contribution in [3.63, 3.8) is 0 Å². The van der Waals surface area contributed by atoms with E-state index in [1.165, 1.54) is 6.33 Å². The standard InChI is InChI=1S/C11H17N5/c1-11(2,3)16(4)10-7-9(13-6-5-12)14-8-15-10/h7-8H,6H2,1-4H3,(H,13,14,15). The SMILES string of the molecule is CN(c1cc(NCC#N)ncn1)C(C)(C)C. The van der Waals surface area contributed by atoms with Crippen molar-refractivity contribution >= 4 is 11.6 Å². The van der Waals surface area contributed by atoms with Gasteiger partial charge >= 0.3 is 0 Å². The van der Waals surface area contributed by atoms with Crippen molar-refractivity contribution in [2.24, 2.45) is 0 Å². The molecule has 1 heterocycles. The molecule has 86 valence electrons. The van der Waals surface area contributed by atoms with Gasteiger partial charge in [-0.1, -0.05) is 0 Å². The number of hydrogen-bond acceptors (Lipinski definition) is 5. The van der Waals surface area contributed by atoms with E-state index in [0.717, 1.165) is 5.82 Å². The summed E-state index contributed by atoms with van der Waals surface area (Å²) in [7, 11) is 1.98. The molecule has 0 saturated heterocycles. The van der Waals surface area contributed by atoms with Crippen molar-refractivity contribution in [2.45, 2.75) is 26.3 Å². The van der Waals surface area contributed by atoms with E-state index < -0.39 is 0 Å². The first kappa shape index (κ1) is 12.2. The Labute approximate surface area is 96.1 Å². The fraction of sp³-hybridized carbons (Fsp3) is 0.545. The summed E-state index contributed by atoms with van der Waals surface area (Å²) >= 11 is 0. The van der Waals surface area contributed by atoms with E-state index in [0.29, 0.717) is 5.82 Å². The topological polar surface area (TPSA) is 64.8 Å². The van der Waals surface area contributed by atoms with Gasteiger partial charge in [-0.15, -0.1) is 0 Å². The molecule has 0 aromatic carbocycles. The average Bonchev–Trinajstić information content (AvgIpc) is 2.24. The van der Waals surface area contributed by atoms with E-state index in [4.69, 9.17) is 5.26 Å². The zero-order valence-corrected chi connectivity index (χ0v) is 10.2. The maximum Gasteiger partial charge on any atom is 0.134 e. The fourth-order valence-electron chi connectivity index (χ4n) is 1.10. The van der Waals surface area contributed by atoms with Crippen LogP contribution in [0.5, 0.6) is 0 Å². The van der Waals surface area contributed by atoms with Crippen LogP contribution in [0.15, 0.2) is 12.4 Å². The molecule has 1 aromatic rings. The van der Waals surface area contributed by atoms with Crippen molar-refractivity contribution in [2.75, 3.05) is 23.8 Å². The first-order chi connectivity index (χ1) is 7.45. The molecule has 5 nitrogen and oxygen atoms in total. The summed E-state index contributed by atoms with van der Waals surface area (Å²) in [4.78, 5) is 10.3. The minimum Gasteiger partial charge on any atom is -0.357 e. The molecule has 5 heteroatoms. The summed E-state index contributed by atoms with van der Waals surface area (Å²) in [6.45, 7) is 6.57. The summed E-state index contributed by atoms with van der Waals surface area (Å²) in [5, 5.41) is 11.4. The number of hydrogen-bond donors (Lipinski definition) is 1. The van der Waals surface area contributed by atoms with Crippen LogP contribution in [0.1, 0.15) is 20.8 Å². The first-order valence-corrected chi connectivity index (χ1v) is 5.12. The quantitative estimate of drug-likeness (QED) is 0.783. The van der Waals surface area contributed by atoms with Gasteiger partial charge < -0.3 is 10.2 Å². The minimum absolute atomic E-state index is 0.000845. The molecule has 0 atom stereocenters. The molecule has 0 unspecified atom stereocenters. The summed E-state index contributed by atoms with van der Waals surface area (Å²) in [6, 6.07) is 3.85. The number of anilines is 2. The second-order valence-corrected chi connectivity index (χ2v) is 4.50. The molecule has 0 aliphatic rings. The largest absolute Gasteiger partial charge is 0.357 e. The smallest absolute Gasteiger partial charge is 0.134 e. The van der Waals surface area contributed by atoms with Crippen LogP contribution in [-0.2, 0) is 0 Å². The molecular formula is C11H17N5. The van der Waals surface area contributed by atoms with Crippen LogP contribution in [0.4, 0.5) is 11.6 Å². The van der Waals surface area contributed by atoms with E-state index in [2.05, 4.69) is 41.0 Å². The van der Waals surface area contributed by atoms with Crippen molar-refractivity contribution in [1.82, 2.24) is 9.97 Å². The Bertz CT molecular complexity index is 388. The number of aromatic nitrogens is 2. The van der Waals surface area contributed by atoms with E-state index in [1.54, 1.807) is 0 Å². The van der Waals surface area contributed by atoms with Gasteiger partial charge in [0.15, 0.2) is 0 Å². The van der Waals surface area contributed by atoms with Gasteiger partial charge in [-0.25, -0.2) is 9.97 Å². The molecular weight excluding hydrogens is 202 g/mol. The highest BCUT2D eigenvalue weighted by Crippen LogP contribution is 2.20. The number of rotatable bonds is 3. The monoisotopic (exact) mass is 219 g/mol. The van der Waals surface area contributed by atoms with Crippen molar-refractivity contribution < 1.29 is 0 Å². The van der Waals surface area contributed by atoms with Crippen LogP contribution < -0.4 is 10.2 Å². The predicted molar refractivity (Wildman–Crippen MR) is 64.3 cm³/mol. The van der Waals surface area contributed by atoms with Gasteiger partial charge in [0.1, 0.15) is 24.5 Å². The normalized spacial score (nSPS) is 10.7. The van der Waals surface area contributed by atoms with Gasteiger partial charge in [-0.05, 0) is 20.8 Å². The molecule has 0 aliphatic carbocycles. The number of nitrogens with one attached hydrogen (secondary N) is 1. The van der Waals surface area contributed by atoms with E-state index in [-0.39, 0.29) is 12.1 Å². The summed E-state index contributed by atoms with van der Waals surface area (Å²) in [6.07, 6.45) is 1.50. The molecule has 1 aromatic heterocycles. The molecule has 0 saturated carbocycles. The molecule has 0 spiro atoms. The highest BCUT2D eigenvalue weighted by molar-refractivity contribution is 5.49. The van der Waals surface area contributed by atoms with Crippen LogP contribution >= 0.6 is 0 Å². The Morgan fingerprint density at radius 2 is 2.12 bits per heavy atom. The van der Waals surface area contributed by atoms with Gasteiger partial charge in [0, 0.05) is 18.7 Å². The highest BCUT2D eigenvalue weighted by atomic mass is 15.2. The lowest BCUT2D eigenvalue weighted by atomic mass is 10.1. The molecule has 1 N–H and O–H groups in total. The Morgan fingerprint density at radius 3 is 2.69 bits per heavy atom. The van der Waals surface area contributed by atoms with Gasteiger partial charge in [-0.2, -0.15) is 5.26 Å². The highest BCUT2D eigenvalue weighted by Gasteiger charge is 2.18. The molecule has 0 aliphatic heterocycles. The second kappa shape index (κ2) is 4.79. The van der Waals surface area contributed by atoms with Crippen LogP contribution in [0.25, 0.3) is 0 Å². The molecule has 0 bridgehead atoms. The van der Waals surface area contributed by atoms with Crippen LogP contribution in [0, 0.1) is 11.3 Å². The van der Waals surface area contributed by atoms with Gasteiger partial charge in [0.05, 0.1) is 6.07 Å². The third-order valence-corrected chi connectivity index (χ3v) is 2.35. The Balaban J connectivity index is 2.86. The molecule has 16 heavy (non-hydrogen) atoms. The van der Waals surface area contributed by atoms with Crippen LogP contribution in [0.2, 0.25) is 0 Å². The molecule has 0 amide bonds. The summed E-state index contributed by atoms with van der Waals surface area (Å²) in [5.74, 6) is 1.51. The third-order valence-electron chi connectivity index (χ3n) is 2.35.